The van der Waals surface area contributed by atoms with Crippen LogP contribution in [-0.4, -0.2) is 36.6 Å². The number of allylic oxidation sites excluding steroid dienone is 2. The zero-order chi connectivity index (χ0) is 10.7. The van der Waals surface area contributed by atoms with Crippen molar-refractivity contribution in [2.45, 2.75) is 24.8 Å². The Bertz CT molecular complexity index is 303. The highest BCUT2D eigenvalue weighted by molar-refractivity contribution is 5.84. The van der Waals surface area contributed by atoms with E-state index in [2.05, 4.69) is 4.90 Å². The molecule has 2 aliphatic rings. The number of esters is 1. The number of methoxy groups -OCH3 is 1. The van der Waals surface area contributed by atoms with Crippen LogP contribution in [0, 0.1) is 0 Å². The van der Waals surface area contributed by atoms with Gasteiger partial charge in [0.25, 0.3) is 0 Å². The average Bonchev–Trinajstić information content (AvgIpc) is 2.83. The monoisotopic (exact) mass is 207 g/mol. The first-order chi connectivity index (χ1) is 7.29. The van der Waals surface area contributed by atoms with E-state index in [-0.39, 0.29) is 5.97 Å². The molecule has 0 spiro atoms. The third-order valence-corrected chi connectivity index (χ3v) is 3.26. The summed E-state index contributed by atoms with van der Waals surface area (Å²) in [7, 11) is 1.46. The highest BCUT2D eigenvalue weighted by Gasteiger charge is 2.43. The lowest BCUT2D eigenvalue weighted by molar-refractivity contribution is -0.151. The largest absolute Gasteiger partial charge is 0.467 e. The van der Waals surface area contributed by atoms with E-state index in [4.69, 9.17) is 4.74 Å². The van der Waals surface area contributed by atoms with Crippen LogP contribution < -0.4 is 0 Å². The number of ether oxygens (including phenoxy) is 1. The topological polar surface area (TPSA) is 29.5 Å². The highest BCUT2D eigenvalue weighted by Crippen LogP contribution is 2.30. The van der Waals surface area contributed by atoms with Gasteiger partial charge < -0.3 is 4.74 Å². The Morgan fingerprint density at radius 3 is 2.60 bits per heavy atom. The lowest BCUT2D eigenvalue weighted by Gasteiger charge is -2.37. The molecule has 1 aliphatic carbocycles. The Kier molecular flexibility index (Phi) is 2.91. The van der Waals surface area contributed by atoms with Gasteiger partial charge in [0.2, 0.25) is 0 Å². The minimum Gasteiger partial charge on any atom is -0.467 e. The minimum absolute atomic E-state index is 0.134. The number of rotatable bonds is 2. The van der Waals surface area contributed by atoms with Crippen molar-refractivity contribution in [3.05, 3.63) is 24.3 Å². The van der Waals surface area contributed by atoms with Crippen molar-refractivity contribution in [2.24, 2.45) is 0 Å². The standard InChI is InChI=1S/C12H17NO2/c1-15-11(14)12(7-3-2-4-8-12)13-9-5-6-10-13/h2-4,7H,5-6,8-10H2,1H3. The second-order valence-corrected chi connectivity index (χ2v) is 4.10. The Balaban J connectivity index is 2.25. The summed E-state index contributed by atoms with van der Waals surface area (Å²) < 4.78 is 4.94. The predicted octanol–water partition coefficient (Wildman–Crippen LogP) is 1.51. The van der Waals surface area contributed by atoms with E-state index < -0.39 is 5.54 Å². The second-order valence-electron chi connectivity index (χ2n) is 4.10. The van der Waals surface area contributed by atoms with E-state index in [1.165, 1.54) is 20.0 Å². The van der Waals surface area contributed by atoms with Gasteiger partial charge in [-0.1, -0.05) is 24.3 Å². The number of carbonyl (C=O) groups is 1. The Hall–Kier alpha value is -1.09. The van der Waals surface area contributed by atoms with Crippen LogP contribution in [0.4, 0.5) is 0 Å². The molecule has 1 fully saturated rings. The first-order valence-corrected chi connectivity index (χ1v) is 5.47. The van der Waals surface area contributed by atoms with Crippen LogP contribution in [0.3, 0.4) is 0 Å². The maximum absolute atomic E-state index is 11.9. The maximum atomic E-state index is 11.9. The van der Waals surface area contributed by atoms with Gasteiger partial charge in [0.05, 0.1) is 7.11 Å². The fourth-order valence-electron chi connectivity index (χ4n) is 2.42. The van der Waals surface area contributed by atoms with Gasteiger partial charge in [-0.15, -0.1) is 0 Å². The molecule has 0 bridgehead atoms. The number of likely N-dealkylation sites (tertiary alicyclic amines) is 1. The van der Waals surface area contributed by atoms with Gasteiger partial charge in [0, 0.05) is 0 Å². The summed E-state index contributed by atoms with van der Waals surface area (Å²) in [5.74, 6) is -0.134. The fraction of sp³-hybridized carbons (Fsp3) is 0.583. The number of hydrogen-bond donors (Lipinski definition) is 0. The first kappa shape index (κ1) is 10.4. The second kappa shape index (κ2) is 4.19. The highest BCUT2D eigenvalue weighted by atomic mass is 16.5. The summed E-state index contributed by atoms with van der Waals surface area (Å²) in [4.78, 5) is 14.2. The van der Waals surface area contributed by atoms with Crippen molar-refractivity contribution in [1.29, 1.82) is 0 Å². The molecule has 1 atom stereocenters. The molecule has 0 aromatic heterocycles. The smallest absolute Gasteiger partial charge is 0.330 e. The first-order valence-electron chi connectivity index (χ1n) is 5.47. The van der Waals surface area contributed by atoms with Crippen molar-refractivity contribution >= 4 is 5.97 Å². The molecule has 82 valence electrons. The van der Waals surface area contributed by atoms with E-state index in [1.54, 1.807) is 0 Å². The normalized spacial score (nSPS) is 30.7. The molecule has 3 nitrogen and oxygen atoms in total. The van der Waals surface area contributed by atoms with E-state index >= 15 is 0 Å². The maximum Gasteiger partial charge on any atom is 0.330 e. The number of hydrogen-bond acceptors (Lipinski definition) is 3. The molecule has 2 rings (SSSR count). The molecule has 1 aliphatic heterocycles. The van der Waals surface area contributed by atoms with Crippen molar-refractivity contribution in [3.8, 4) is 0 Å². The molecule has 0 N–H and O–H groups in total. The average molecular weight is 207 g/mol. The summed E-state index contributed by atoms with van der Waals surface area (Å²) in [6, 6.07) is 0. The van der Waals surface area contributed by atoms with Crippen molar-refractivity contribution in [2.75, 3.05) is 20.2 Å². The molecule has 1 saturated heterocycles. The van der Waals surface area contributed by atoms with Crippen LogP contribution in [0.2, 0.25) is 0 Å². The molecular weight excluding hydrogens is 190 g/mol. The van der Waals surface area contributed by atoms with Gasteiger partial charge in [-0.3, -0.25) is 4.90 Å². The molecule has 3 heteroatoms. The van der Waals surface area contributed by atoms with Gasteiger partial charge in [-0.05, 0) is 32.4 Å². The van der Waals surface area contributed by atoms with E-state index in [0.29, 0.717) is 0 Å². The summed E-state index contributed by atoms with van der Waals surface area (Å²) >= 11 is 0. The zero-order valence-electron chi connectivity index (χ0n) is 9.11. The Labute approximate surface area is 90.4 Å². The van der Waals surface area contributed by atoms with E-state index in [0.717, 1.165) is 19.5 Å². The Morgan fingerprint density at radius 1 is 1.33 bits per heavy atom. The molecule has 0 amide bonds. The minimum atomic E-state index is -0.528. The summed E-state index contributed by atoms with van der Waals surface area (Å²) in [6.45, 7) is 1.99. The molecule has 1 unspecified atom stereocenters. The van der Waals surface area contributed by atoms with Crippen LogP contribution in [-0.2, 0) is 9.53 Å². The van der Waals surface area contributed by atoms with Crippen LogP contribution in [0.1, 0.15) is 19.3 Å². The number of carbonyl (C=O) groups excluding carboxylic acids is 1. The molecule has 0 aromatic rings. The lowest BCUT2D eigenvalue weighted by Crippen LogP contribution is -2.52. The molecule has 0 aromatic carbocycles. The van der Waals surface area contributed by atoms with Gasteiger partial charge in [0.15, 0.2) is 0 Å². The van der Waals surface area contributed by atoms with Crippen LogP contribution in [0.5, 0.6) is 0 Å². The molecular formula is C12H17NO2. The van der Waals surface area contributed by atoms with Crippen LogP contribution in [0.25, 0.3) is 0 Å². The zero-order valence-corrected chi connectivity index (χ0v) is 9.11. The van der Waals surface area contributed by atoms with Crippen LogP contribution in [0.15, 0.2) is 24.3 Å². The van der Waals surface area contributed by atoms with Crippen molar-refractivity contribution < 1.29 is 9.53 Å². The molecule has 15 heavy (non-hydrogen) atoms. The fourth-order valence-corrected chi connectivity index (χ4v) is 2.42. The summed E-state index contributed by atoms with van der Waals surface area (Å²) in [5, 5.41) is 0. The van der Waals surface area contributed by atoms with Gasteiger partial charge >= 0.3 is 5.97 Å². The SMILES string of the molecule is COC(=O)C1(N2CCCC2)C=CC=CC1. The third kappa shape index (κ3) is 1.72. The van der Waals surface area contributed by atoms with Crippen LogP contribution >= 0.6 is 0 Å². The summed E-state index contributed by atoms with van der Waals surface area (Å²) in [6.07, 6.45) is 11.0. The molecule has 1 heterocycles. The van der Waals surface area contributed by atoms with Gasteiger partial charge in [0.1, 0.15) is 5.54 Å². The third-order valence-electron chi connectivity index (χ3n) is 3.26. The van der Waals surface area contributed by atoms with E-state index in [9.17, 15) is 4.79 Å². The predicted molar refractivity (Wildman–Crippen MR) is 58.5 cm³/mol. The molecule has 0 radical (unpaired) electrons. The van der Waals surface area contributed by atoms with Gasteiger partial charge in [-0.25, -0.2) is 4.79 Å². The van der Waals surface area contributed by atoms with E-state index in [1.807, 2.05) is 24.3 Å². The number of nitrogens with zero attached hydrogens (tertiary/aromatic N) is 1. The van der Waals surface area contributed by atoms with Gasteiger partial charge in [-0.2, -0.15) is 0 Å². The lowest BCUT2D eigenvalue weighted by atomic mass is 9.89. The van der Waals surface area contributed by atoms with Crippen molar-refractivity contribution in [3.63, 3.8) is 0 Å². The summed E-state index contributed by atoms with van der Waals surface area (Å²) in [5.41, 5.74) is -0.528. The Morgan fingerprint density at radius 2 is 2.07 bits per heavy atom. The molecule has 0 saturated carbocycles. The quantitative estimate of drug-likeness (QED) is 0.643. The van der Waals surface area contributed by atoms with Crippen molar-refractivity contribution in [1.82, 2.24) is 4.90 Å².